The van der Waals surface area contributed by atoms with Crippen molar-refractivity contribution in [1.82, 2.24) is 9.59 Å². The molecule has 3 nitrogen and oxygen atoms in total. The van der Waals surface area contributed by atoms with Crippen LogP contribution in [0.3, 0.4) is 0 Å². The van der Waals surface area contributed by atoms with Gasteiger partial charge in [-0.1, -0.05) is 33.8 Å². The van der Waals surface area contributed by atoms with Crippen LogP contribution in [-0.2, 0) is 6.42 Å². The maximum Gasteiger partial charge on any atom is 0.0772 e. The quantitative estimate of drug-likeness (QED) is 0.907. The van der Waals surface area contributed by atoms with Gasteiger partial charge in [-0.05, 0) is 44.3 Å². The van der Waals surface area contributed by atoms with Gasteiger partial charge in [-0.15, -0.1) is 5.10 Å². The maximum absolute atomic E-state index is 6.20. The van der Waals surface area contributed by atoms with Crippen LogP contribution >= 0.6 is 11.5 Å². The Bertz CT molecular complexity index is 499. The highest BCUT2D eigenvalue weighted by atomic mass is 32.1. The summed E-state index contributed by atoms with van der Waals surface area (Å²) in [5.41, 5.74) is 11.0. The number of rotatable bonds is 3. The SMILES string of the molecule is Cc1cc(C)cc(CC(N)c2snnc2C)c1. The van der Waals surface area contributed by atoms with E-state index in [1.807, 2.05) is 6.92 Å². The first kappa shape index (κ1) is 12.2. The van der Waals surface area contributed by atoms with Gasteiger partial charge in [-0.3, -0.25) is 0 Å². The van der Waals surface area contributed by atoms with E-state index in [0.29, 0.717) is 0 Å². The second-order valence-electron chi connectivity index (χ2n) is 4.53. The van der Waals surface area contributed by atoms with Crippen molar-refractivity contribution in [2.45, 2.75) is 33.2 Å². The molecule has 0 radical (unpaired) electrons. The monoisotopic (exact) mass is 247 g/mol. The molecular formula is C13H17N3S. The maximum atomic E-state index is 6.20. The van der Waals surface area contributed by atoms with Crippen LogP contribution in [0.2, 0.25) is 0 Å². The Labute approximate surface area is 106 Å². The van der Waals surface area contributed by atoms with Gasteiger partial charge in [0.05, 0.1) is 10.6 Å². The van der Waals surface area contributed by atoms with Crippen LogP contribution in [0, 0.1) is 20.8 Å². The summed E-state index contributed by atoms with van der Waals surface area (Å²) in [5.74, 6) is 0. The number of benzene rings is 1. The summed E-state index contributed by atoms with van der Waals surface area (Å²) in [4.78, 5) is 1.09. The van der Waals surface area contributed by atoms with Crippen molar-refractivity contribution < 1.29 is 0 Å². The van der Waals surface area contributed by atoms with Crippen molar-refractivity contribution in [3.8, 4) is 0 Å². The van der Waals surface area contributed by atoms with E-state index >= 15 is 0 Å². The standard InChI is InChI=1S/C13H17N3S/c1-8-4-9(2)6-11(5-8)7-12(14)13-10(3)15-16-17-13/h4-6,12H,7,14H2,1-3H3. The van der Waals surface area contributed by atoms with Crippen molar-refractivity contribution in [2.24, 2.45) is 5.73 Å². The summed E-state index contributed by atoms with van der Waals surface area (Å²) < 4.78 is 3.93. The smallest absolute Gasteiger partial charge is 0.0772 e. The molecule has 0 spiro atoms. The fraction of sp³-hybridized carbons (Fsp3) is 0.385. The second-order valence-corrected chi connectivity index (χ2v) is 5.31. The summed E-state index contributed by atoms with van der Waals surface area (Å²) in [7, 11) is 0. The van der Waals surface area contributed by atoms with E-state index in [-0.39, 0.29) is 6.04 Å². The van der Waals surface area contributed by atoms with Gasteiger partial charge in [0, 0.05) is 6.04 Å². The van der Waals surface area contributed by atoms with Crippen LogP contribution in [0.5, 0.6) is 0 Å². The van der Waals surface area contributed by atoms with E-state index in [4.69, 9.17) is 5.73 Å². The Morgan fingerprint density at radius 1 is 1.18 bits per heavy atom. The molecule has 0 saturated carbocycles. The minimum absolute atomic E-state index is 0.00352. The molecule has 0 aliphatic rings. The molecule has 0 bridgehead atoms. The fourth-order valence-electron chi connectivity index (χ4n) is 2.11. The Hall–Kier alpha value is -1.26. The van der Waals surface area contributed by atoms with Gasteiger partial charge in [0.25, 0.3) is 0 Å². The third-order valence-electron chi connectivity index (χ3n) is 2.76. The van der Waals surface area contributed by atoms with Gasteiger partial charge in [-0.25, -0.2) is 0 Å². The highest BCUT2D eigenvalue weighted by molar-refractivity contribution is 7.05. The predicted octanol–water partition coefficient (Wildman–Crippen LogP) is 2.71. The zero-order valence-electron chi connectivity index (χ0n) is 10.4. The zero-order chi connectivity index (χ0) is 12.4. The summed E-state index contributed by atoms with van der Waals surface area (Å²) in [6.07, 6.45) is 0.841. The summed E-state index contributed by atoms with van der Waals surface area (Å²) in [5, 5.41) is 4.00. The molecule has 1 atom stereocenters. The molecule has 2 aromatic rings. The highest BCUT2D eigenvalue weighted by Gasteiger charge is 2.13. The topological polar surface area (TPSA) is 51.8 Å². The molecule has 1 heterocycles. The number of hydrogen-bond donors (Lipinski definition) is 1. The van der Waals surface area contributed by atoms with Crippen molar-refractivity contribution in [3.05, 3.63) is 45.5 Å². The third-order valence-corrected chi connectivity index (χ3v) is 3.72. The van der Waals surface area contributed by atoms with Gasteiger partial charge >= 0.3 is 0 Å². The van der Waals surface area contributed by atoms with E-state index in [9.17, 15) is 0 Å². The van der Waals surface area contributed by atoms with Gasteiger partial charge in [0.15, 0.2) is 0 Å². The molecule has 0 fully saturated rings. The molecule has 1 aromatic carbocycles. The number of aromatic nitrogens is 2. The lowest BCUT2D eigenvalue weighted by Crippen LogP contribution is -2.13. The van der Waals surface area contributed by atoms with E-state index in [2.05, 4.69) is 41.6 Å². The largest absolute Gasteiger partial charge is 0.323 e. The number of hydrogen-bond acceptors (Lipinski definition) is 4. The van der Waals surface area contributed by atoms with E-state index < -0.39 is 0 Å². The Morgan fingerprint density at radius 2 is 1.82 bits per heavy atom. The molecule has 4 heteroatoms. The van der Waals surface area contributed by atoms with Crippen LogP contribution in [0.15, 0.2) is 18.2 Å². The molecule has 2 rings (SSSR count). The van der Waals surface area contributed by atoms with E-state index in [1.165, 1.54) is 28.2 Å². The molecule has 0 aliphatic carbocycles. The molecule has 2 N–H and O–H groups in total. The molecule has 90 valence electrons. The lowest BCUT2D eigenvalue weighted by Gasteiger charge is -2.11. The van der Waals surface area contributed by atoms with Crippen molar-refractivity contribution in [2.75, 3.05) is 0 Å². The minimum Gasteiger partial charge on any atom is -0.323 e. The molecule has 17 heavy (non-hydrogen) atoms. The van der Waals surface area contributed by atoms with Crippen LogP contribution < -0.4 is 5.73 Å². The Kier molecular flexibility index (Phi) is 3.54. The molecular weight excluding hydrogens is 230 g/mol. The Balaban J connectivity index is 2.18. The van der Waals surface area contributed by atoms with Gasteiger partial charge in [0.1, 0.15) is 0 Å². The lowest BCUT2D eigenvalue weighted by atomic mass is 10.0. The van der Waals surface area contributed by atoms with Gasteiger partial charge < -0.3 is 5.73 Å². The van der Waals surface area contributed by atoms with Crippen LogP contribution in [-0.4, -0.2) is 9.59 Å². The normalized spacial score (nSPS) is 12.7. The molecule has 1 aromatic heterocycles. The fourth-order valence-corrected chi connectivity index (χ4v) is 2.75. The Morgan fingerprint density at radius 3 is 2.35 bits per heavy atom. The predicted molar refractivity (Wildman–Crippen MR) is 71.2 cm³/mol. The first-order valence-corrected chi connectivity index (χ1v) is 6.45. The van der Waals surface area contributed by atoms with E-state index in [0.717, 1.165) is 17.0 Å². The minimum atomic E-state index is -0.00352. The first-order valence-electron chi connectivity index (χ1n) is 5.68. The van der Waals surface area contributed by atoms with Crippen molar-refractivity contribution in [1.29, 1.82) is 0 Å². The van der Waals surface area contributed by atoms with Crippen LogP contribution in [0.25, 0.3) is 0 Å². The summed E-state index contributed by atoms with van der Waals surface area (Å²) in [6.45, 7) is 6.18. The number of nitrogens with two attached hydrogens (primary N) is 1. The number of aryl methyl sites for hydroxylation is 3. The third kappa shape index (κ3) is 2.90. The van der Waals surface area contributed by atoms with E-state index in [1.54, 1.807) is 0 Å². The summed E-state index contributed by atoms with van der Waals surface area (Å²) in [6, 6.07) is 6.55. The van der Waals surface area contributed by atoms with Crippen LogP contribution in [0.1, 0.15) is 33.3 Å². The molecule has 0 amide bonds. The summed E-state index contributed by atoms with van der Waals surface area (Å²) >= 11 is 1.40. The molecule has 0 aliphatic heterocycles. The zero-order valence-corrected chi connectivity index (χ0v) is 11.2. The van der Waals surface area contributed by atoms with Crippen molar-refractivity contribution in [3.63, 3.8) is 0 Å². The molecule has 1 unspecified atom stereocenters. The van der Waals surface area contributed by atoms with Gasteiger partial charge in [0.2, 0.25) is 0 Å². The second kappa shape index (κ2) is 4.94. The molecule has 0 saturated heterocycles. The highest BCUT2D eigenvalue weighted by Crippen LogP contribution is 2.22. The van der Waals surface area contributed by atoms with Crippen LogP contribution in [0.4, 0.5) is 0 Å². The average Bonchev–Trinajstić information content (AvgIpc) is 2.62. The van der Waals surface area contributed by atoms with Crippen molar-refractivity contribution >= 4 is 11.5 Å². The lowest BCUT2D eigenvalue weighted by molar-refractivity contribution is 0.727. The first-order chi connectivity index (χ1) is 8.06. The average molecular weight is 247 g/mol. The van der Waals surface area contributed by atoms with Gasteiger partial charge in [-0.2, -0.15) is 0 Å². The number of nitrogens with zero attached hydrogens (tertiary/aromatic N) is 2.